The zero-order valence-corrected chi connectivity index (χ0v) is 22.7. The number of anilines is 1. The number of aliphatic carboxylic acids is 1. The van der Waals surface area contributed by atoms with Gasteiger partial charge in [0.25, 0.3) is 0 Å². The number of benzene rings is 3. The number of rotatable bonds is 15. The summed E-state index contributed by atoms with van der Waals surface area (Å²) >= 11 is 0. The predicted molar refractivity (Wildman–Crippen MR) is 147 cm³/mol. The normalized spacial score (nSPS) is 12.8. The molecule has 0 aliphatic carbocycles. The van der Waals surface area contributed by atoms with E-state index < -0.39 is 34.3 Å². The predicted octanol–water partition coefficient (Wildman–Crippen LogP) is 3.07. The molecule has 40 heavy (non-hydrogen) atoms. The molecule has 5 N–H and O–H groups in total. The fourth-order valence-corrected chi connectivity index (χ4v) is 5.07. The molecular formula is C28H32FN3O7S. The topological polar surface area (TPSA) is 157 Å². The summed E-state index contributed by atoms with van der Waals surface area (Å²) in [6.07, 6.45) is -0.403. The average Bonchev–Trinajstić information content (AvgIpc) is 2.94. The number of carboxylic acids is 1. The minimum absolute atomic E-state index is 0.00166. The summed E-state index contributed by atoms with van der Waals surface area (Å²) in [5.74, 6) is -1.76. The maximum Gasteiger partial charge on any atom is 0.378 e. The van der Waals surface area contributed by atoms with E-state index in [4.69, 9.17) is 15.6 Å². The van der Waals surface area contributed by atoms with Gasteiger partial charge in [-0.2, -0.15) is 9.11 Å². The van der Waals surface area contributed by atoms with Crippen molar-refractivity contribution >= 4 is 27.6 Å². The van der Waals surface area contributed by atoms with Crippen LogP contribution in [0.4, 0.5) is 10.1 Å². The first kappa shape index (κ1) is 30.4. The van der Waals surface area contributed by atoms with Crippen molar-refractivity contribution < 1.29 is 37.0 Å². The number of carbonyl (C=O) groups excluding carboxylic acids is 1. The Bertz CT molecular complexity index is 1390. The van der Waals surface area contributed by atoms with Crippen LogP contribution >= 0.6 is 0 Å². The SMILES string of the molecule is COc1ccc(CCCCNC(=O)[C@H](Cc2ccc(OC(F)C(=O)O)c(N)c2)NS(=O)(=O)c2ccccc2)cc1. The van der Waals surface area contributed by atoms with Crippen molar-refractivity contribution in [2.75, 3.05) is 19.4 Å². The summed E-state index contributed by atoms with van der Waals surface area (Å²) in [7, 11) is -2.43. The second kappa shape index (κ2) is 14.3. The molecule has 0 spiro atoms. The molecule has 214 valence electrons. The third kappa shape index (κ3) is 8.95. The third-order valence-electron chi connectivity index (χ3n) is 5.96. The van der Waals surface area contributed by atoms with Crippen LogP contribution in [-0.4, -0.2) is 51.5 Å². The van der Waals surface area contributed by atoms with Crippen LogP contribution in [0.15, 0.2) is 77.7 Å². The molecule has 3 aromatic carbocycles. The quantitative estimate of drug-likeness (QED) is 0.160. The molecule has 0 fully saturated rings. The number of nitrogens with one attached hydrogen (secondary N) is 2. The lowest BCUT2D eigenvalue weighted by atomic mass is 10.0. The van der Waals surface area contributed by atoms with Gasteiger partial charge < -0.3 is 25.6 Å². The number of nitrogens with two attached hydrogens (primary N) is 1. The van der Waals surface area contributed by atoms with Crippen molar-refractivity contribution in [3.05, 3.63) is 83.9 Å². The number of methoxy groups -OCH3 is 1. The van der Waals surface area contributed by atoms with Crippen LogP contribution in [0.3, 0.4) is 0 Å². The van der Waals surface area contributed by atoms with Crippen LogP contribution in [0.25, 0.3) is 0 Å². The van der Waals surface area contributed by atoms with Gasteiger partial charge in [-0.15, -0.1) is 0 Å². The second-order valence-corrected chi connectivity index (χ2v) is 10.6. The molecule has 1 amide bonds. The van der Waals surface area contributed by atoms with Gasteiger partial charge in [0.15, 0.2) is 0 Å². The molecule has 12 heteroatoms. The average molecular weight is 574 g/mol. The summed E-state index contributed by atoms with van der Waals surface area (Å²) in [6.45, 7) is 0.334. The van der Waals surface area contributed by atoms with Gasteiger partial charge in [-0.1, -0.05) is 36.4 Å². The minimum atomic E-state index is -4.04. The lowest BCUT2D eigenvalue weighted by molar-refractivity contribution is -0.153. The molecule has 0 aliphatic rings. The number of hydrogen-bond donors (Lipinski definition) is 4. The number of alkyl halides is 1. The largest absolute Gasteiger partial charge is 0.497 e. The lowest BCUT2D eigenvalue weighted by Crippen LogP contribution is -2.48. The number of halogens is 1. The number of unbranched alkanes of at least 4 members (excludes halogenated alkanes) is 1. The van der Waals surface area contributed by atoms with Crippen molar-refractivity contribution in [1.82, 2.24) is 10.0 Å². The van der Waals surface area contributed by atoms with Gasteiger partial charge in [0, 0.05) is 6.54 Å². The smallest absolute Gasteiger partial charge is 0.378 e. The number of carboxylic acid groups (broad SMARTS) is 1. The molecule has 0 saturated heterocycles. The van der Waals surface area contributed by atoms with Crippen molar-refractivity contribution in [1.29, 1.82) is 0 Å². The van der Waals surface area contributed by atoms with Gasteiger partial charge in [0.1, 0.15) is 17.5 Å². The molecule has 3 rings (SSSR count). The van der Waals surface area contributed by atoms with E-state index in [0.717, 1.165) is 24.2 Å². The lowest BCUT2D eigenvalue weighted by Gasteiger charge is -2.19. The van der Waals surface area contributed by atoms with Gasteiger partial charge >= 0.3 is 12.3 Å². The summed E-state index contributed by atoms with van der Waals surface area (Å²) in [5.41, 5.74) is 7.40. The molecule has 0 aromatic heterocycles. The van der Waals surface area contributed by atoms with E-state index in [-0.39, 0.29) is 22.8 Å². The summed E-state index contributed by atoms with van der Waals surface area (Å²) in [6, 6.07) is 18.3. The minimum Gasteiger partial charge on any atom is -0.497 e. The van der Waals surface area contributed by atoms with E-state index in [1.807, 2.05) is 24.3 Å². The summed E-state index contributed by atoms with van der Waals surface area (Å²) < 4.78 is 51.7. The van der Waals surface area contributed by atoms with Gasteiger partial charge in [-0.3, -0.25) is 4.79 Å². The number of aryl methyl sites for hydroxylation is 1. The summed E-state index contributed by atoms with van der Waals surface area (Å²) in [4.78, 5) is 23.8. The van der Waals surface area contributed by atoms with Crippen LogP contribution < -0.4 is 25.2 Å². The van der Waals surface area contributed by atoms with Crippen molar-refractivity contribution in [2.24, 2.45) is 0 Å². The van der Waals surface area contributed by atoms with Crippen LogP contribution in [0.1, 0.15) is 24.0 Å². The van der Waals surface area contributed by atoms with Gasteiger partial charge in [0.05, 0.1) is 17.7 Å². The Balaban J connectivity index is 1.66. The fraction of sp³-hybridized carbons (Fsp3) is 0.286. The van der Waals surface area contributed by atoms with E-state index in [2.05, 4.69) is 14.8 Å². The monoisotopic (exact) mass is 573 g/mol. The van der Waals surface area contributed by atoms with Gasteiger partial charge in [-0.25, -0.2) is 13.2 Å². The standard InChI is InChI=1S/C28H32FN3O7S/c1-38-21-13-10-19(11-14-21)7-5-6-16-31-27(33)24(32-40(36,37)22-8-3-2-4-9-22)18-20-12-15-25(23(30)17-20)39-26(29)28(34)35/h2-4,8-15,17,24,26,32H,5-7,16,18,30H2,1H3,(H,31,33)(H,34,35)/t24-,26?/m0/s1. The number of carbonyl (C=O) groups is 2. The Kier molecular flexibility index (Phi) is 10.9. The molecule has 10 nitrogen and oxygen atoms in total. The molecule has 1 unspecified atom stereocenters. The second-order valence-electron chi connectivity index (χ2n) is 8.93. The van der Waals surface area contributed by atoms with Crippen LogP contribution in [-0.2, 0) is 32.5 Å². The highest BCUT2D eigenvalue weighted by atomic mass is 32.2. The summed E-state index contributed by atoms with van der Waals surface area (Å²) in [5, 5.41) is 11.5. The number of hydrogen-bond acceptors (Lipinski definition) is 7. The maximum atomic E-state index is 13.4. The van der Waals surface area contributed by atoms with Crippen molar-refractivity contribution in [3.63, 3.8) is 0 Å². The fourth-order valence-electron chi connectivity index (χ4n) is 3.85. The molecule has 0 saturated carbocycles. The Labute approximate surface area is 232 Å². The number of ether oxygens (including phenoxy) is 2. The van der Waals surface area contributed by atoms with E-state index in [0.29, 0.717) is 18.5 Å². The highest BCUT2D eigenvalue weighted by Crippen LogP contribution is 2.25. The van der Waals surface area contributed by atoms with Gasteiger partial charge in [0.2, 0.25) is 15.9 Å². The number of sulfonamides is 1. The van der Waals surface area contributed by atoms with Crippen LogP contribution in [0, 0.1) is 0 Å². The first-order valence-electron chi connectivity index (χ1n) is 12.5. The van der Waals surface area contributed by atoms with E-state index in [1.54, 1.807) is 25.3 Å². The first-order chi connectivity index (χ1) is 19.1. The number of nitrogen functional groups attached to an aromatic ring is 1. The van der Waals surface area contributed by atoms with Crippen molar-refractivity contribution in [2.45, 2.75) is 43.0 Å². The molecule has 2 atom stereocenters. The molecule has 0 heterocycles. The Morgan fingerprint density at radius 2 is 1.68 bits per heavy atom. The van der Waals surface area contributed by atoms with Gasteiger partial charge in [-0.05, 0) is 73.2 Å². The zero-order chi connectivity index (χ0) is 29.1. The van der Waals surface area contributed by atoms with E-state index in [1.165, 1.54) is 30.3 Å². The molecule has 0 radical (unpaired) electrons. The van der Waals surface area contributed by atoms with E-state index >= 15 is 0 Å². The molecule has 0 bridgehead atoms. The number of amides is 1. The molecule has 0 aliphatic heterocycles. The Hall–Kier alpha value is -4.16. The zero-order valence-electron chi connectivity index (χ0n) is 21.9. The first-order valence-corrected chi connectivity index (χ1v) is 14.0. The third-order valence-corrected chi connectivity index (χ3v) is 7.44. The highest BCUT2D eigenvalue weighted by molar-refractivity contribution is 7.89. The molecular weight excluding hydrogens is 541 g/mol. The molecule has 3 aromatic rings. The van der Waals surface area contributed by atoms with E-state index in [9.17, 15) is 22.4 Å². The highest BCUT2D eigenvalue weighted by Gasteiger charge is 2.26. The van der Waals surface area contributed by atoms with Crippen LogP contribution in [0.2, 0.25) is 0 Å². The van der Waals surface area contributed by atoms with Crippen molar-refractivity contribution in [3.8, 4) is 11.5 Å². The Morgan fingerprint density at radius 1 is 1.00 bits per heavy atom. The van der Waals surface area contributed by atoms with Crippen LogP contribution in [0.5, 0.6) is 11.5 Å². The Morgan fingerprint density at radius 3 is 2.30 bits per heavy atom. The maximum absolute atomic E-state index is 13.4.